The molecule has 0 amide bonds. The van der Waals surface area contributed by atoms with Gasteiger partial charge in [0, 0.05) is 11.8 Å². The van der Waals surface area contributed by atoms with E-state index in [4.69, 9.17) is 5.11 Å². The molecule has 1 heterocycles. The molecule has 0 unspecified atom stereocenters. The number of aliphatic hydroxyl groups is 1. The molecule has 2 aromatic rings. The standard InChI is InChI=1S/C13H14N2O/c1-9-3-4-10(2)11(7-9)12-5-6-14-13(8-16)15-12/h3-7,16H,8H2,1-2H3. The molecule has 0 aliphatic rings. The normalized spacial score (nSPS) is 10.4. The maximum absolute atomic E-state index is 9.01. The minimum absolute atomic E-state index is 0.126. The van der Waals surface area contributed by atoms with Crippen LogP contribution in [0.2, 0.25) is 0 Å². The van der Waals surface area contributed by atoms with E-state index in [1.165, 1.54) is 11.1 Å². The average molecular weight is 214 g/mol. The van der Waals surface area contributed by atoms with Crippen LogP contribution in [0.15, 0.2) is 30.5 Å². The van der Waals surface area contributed by atoms with Gasteiger partial charge in [-0.2, -0.15) is 0 Å². The summed E-state index contributed by atoms with van der Waals surface area (Å²) in [5, 5.41) is 9.01. The largest absolute Gasteiger partial charge is 0.388 e. The molecule has 0 fully saturated rings. The van der Waals surface area contributed by atoms with Crippen LogP contribution in [0.1, 0.15) is 17.0 Å². The highest BCUT2D eigenvalue weighted by molar-refractivity contribution is 5.63. The van der Waals surface area contributed by atoms with Crippen LogP contribution in [0.4, 0.5) is 0 Å². The van der Waals surface area contributed by atoms with E-state index in [9.17, 15) is 0 Å². The zero-order valence-electron chi connectivity index (χ0n) is 9.44. The lowest BCUT2D eigenvalue weighted by Gasteiger charge is -2.07. The molecule has 2 rings (SSSR count). The number of hydrogen-bond acceptors (Lipinski definition) is 3. The lowest BCUT2D eigenvalue weighted by molar-refractivity contribution is 0.271. The smallest absolute Gasteiger partial charge is 0.154 e. The van der Waals surface area contributed by atoms with E-state index in [1.807, 2.05) is 6.07 Å². The predicted molar refractivity (Wildman–Crippen MR) is 62.9 cm³/mol. The number of nitrogens with zero attached hydrogens (tertiary/aromatic N) is 2. The van der Waals surface area contributed by atoms with E-state index in [0.717, 1.165) is 11.3 Å². The van der Waals surface area contributed by atoms with Crippen LogP contribution in [-0.2, 0) is 6.61 Å². The van der Waals surface area contributed by atoms with Gasteiger partial charge in [-0.15, -0.1) is 0 Å². The maximum atomic E-state index is 9.01. The van der Waals surface area contributed by atoms with Crippen molar-refractivity contribution in [1.82, 2.24) is 9.97 Å². The van der Waals surface area contributed by atoms with E-state index in [2.05, 4.69) is 42.0 Å². The Hall–Kier alpha value is -1.74. The summed E-state index contributed by atoms with van der Waals surface area (Å²) in [5.41, 5.74) is 4.33. The monoisotopic (exact) mass is 214 g/mol. The Morgan fingerprint density at radius 3 is 2.75 bits per heavy atom. The number of aryl methyl sites for hydroxylation is 2. The first-order valence-electron chi connectivity index (χ1n) is 5.21. The first-order chi connectivity index (χ1) is 7.70. The van der Waals surface area contributed by atoms with Crippen molar-refractivity contribution >= 4 is 0 Å². The van der Waals surface area contributed by atoms with Crippen molar-refractivity contribution < 1.29 is 5.11 Å². The first-order valence-corrected chi connectivity index (χ1v) is 5.21. The SMILES string of the molecule is Cc1ccc(C)c(-c2ccnc(CO)n2)c1. The second kappa shape index (κ2) is 4.41. The Morgan fingerprint density at radius 2 is 2.00 bits per heavy atom. The molecule has 0 spiro atoms. The molecule has 0 radical (unpaired) electrons. The van der Waals surface area contributed by atoms with Gasteiger partial charge < -0.3 is 5.11 Å². The fourth-order valence-electron chi connectivity index (χ4n) is 1.64. The van der Waals surface area contributed by atoms with Gasteiger partial charge in [0.15, 0.2) is 5.82 Å². The van der Waals surface area contributed by atoms with Crippen molar-refractivity contribution in [2.75, 3.05) is 0 Å². The van der Waals surface area contributed by atoms with Crippen molar-refractivity contribution in [3.05, 3.63) is 47.4 Å². The van der Waals surface area contributed by atoms with E-state index in [0.29, 0.717) is 5.82 Å². The van der Waals surface area contributed by atoms with Crippen molar-refractivity contribution in [3.63, 3.8) is 0 Å². The summed E-state index contributed by atoms with van der Waals surface area (Å²) in [4.78, 5) is 8.28. The molecule has 0 atom stereocenters. The van der Waals surface area contributed by atoms with Gasteiger partial charge in [-0.25, -0.2) is 9.97 Å². The molecule has 0 saturated carbocycles. The van der Waals surface area contributed by atoms with E-state index < -0.39 is 0 Å². The van der Waals surface area contributed by atoms with Crippen LogP contribution >= 0.6 is 0 Å². The van der Waals surface area contributed by atoms with Gasteiger partial charge >= 0.3 is 0 Å². The quantitative estimate of drug-likeness (QED) is 0.834. The third-order valence-electron chi connectivity index (χ3n) is 2.52. The molecule has 0 bridgehead atoms. The van der Waals surface area contributed by atoms with Crippen LogP contribution in [0.3, 0.4) is 0 Å². The number of benzene rings is 1. The number of rotatable bonds is 2. The second-order valence-corrected chi connectivity index (χ2v) is 3.83. The van der Waals surface area contributed by atoms with Crippen molar-refractivity contribution in [1.29, 1.82) is 0 Å². The van der Waals surface area contributed by atoms with Crippen LogP contribution in [-0.4, -0.2) is 15.1 Å². The predicted octanol–water partition coefficient (Wildman–Crippen LogP) is 2.25. The summed E-state index contributed by atoms with van der Waals surface area (Å²) in [6.07, 6.45) is 1.68. The fourth-order valence-corrected chi connectivity index (χ4v) is 1.64. The molecule has 0 saturated heterocycles. The number of aliphatic hydroxyl groups excluding tert-OH is 1. The zero-order chi connectivity index (χ0) is 11.5. The van der Waals surface area contributed by atoms with Crippen molar-refractivity contribution in [2.45, 2.75) is 20.5 Å². The van der Waals surface area contributed by atoms with Gasteiger partial charge in [-0.1, -0.05) is 17.7 Å². The third kappa shape index (κ3) is 2.09. The summed E-state index contributed by atoms with van der Waals surface area (Å²) < 4.78 is 0. The number of aromatic nitrogens is 2. The van der Waals surface area contributed by atoms with E-state index >= 15 is 0 Å². The van der Waals surface area contributed by atoms with Crippen LogP contribution in [0.25, 0.3) is 11.3 Å². The lowest BCUT2D eigenvalue weighted by Crippen LogP contribution is -1.96. The highest BCUT2D eigenvalue weighted by atomic mass is 16.3. The Kier molecular flexibility index (Phi) is 2.97. The van der Waals surface area contributed by atoms with Gasteiger partial charge in [0.25, 0.3) is 0 Å². The summed E-state index contributed by atoms with van der Waals surface area (Å²) >= 11 is 0. The highest BCUT2D eigenvalue weighted by Crippen LogP contribution is 2.22. The molecule has 0 aliphatic heterocycles. The Balaban J connectivity index is 2.53. The lowest BCUT2D eigenvalue weighted by atomic mass is 10.0. The van der Waals surface area contributed by atoms with Gasteiger partial charge in [0.05, 0.1) is 5.69 Å². The van der Waals surface area contributed by atoms with Crippen LogP contribution in [0.5, 0.6) is 0 Å². The van der Waals surface area contributed by atoms with Crippen molar-refractivity contribution in [3.8, 4) is 11.3 Å². The van der Waals surface area contributed by atoms with Crippen molar-refractivity contribution in [2.24, 2.45) is 0 Å². The van der Waals surface area contributed by atoms with E-state index in [-0.39, 0.29) is 6.61 Å². The zero-order valence-corrected chi connectivity index (χ0v) is 9.44. The van der Waals surface area contributed by atoms with Crippen LogP contribution < -0.4 is 0 Å². The molecule has 3 nitrogen and oxygen atoms in total. The Bertz CT molecular complexity index is 509. The van der Waals surface area contributed by atoms with Crippen LogP contribution in [0, 0.1) is 13.8 Å². The molecular weight excluding hydrogens is 200 g/mol. The summed E-state index contributed by atoms with van der Waals surface area (Å²) in [7, 11) is 0. The van der Waals surface area contributed by atoms with Gasteiger partial charge in [0.1, 0.15) is 6.61 Å². The Labute approximate surface area is 94.8 Å². The van der Waals surface area contributed by atoms with Gasteiger partial charge in [-0.05, 0) is 31.5 Å². The summed E-state index contributed by atoms with van der Waals surface area (Å²) in [6.45, 7) is 3.98. The molecular formula is C13H14N2O. The number of hydrogen-bond donors (Lipinski definition) is 1. The summed E-state index contributed by atoms with van der Waals surface area (Å²) in [6, 6.07) is 8.11. The minimum atomic E-state index is -0.126. The maximum Gasteiger partial charge on any atom is 0.154 e. The molecule has 1 aromatic carbocycles. The molecule has 3 heteroatoms. The van der Waals surface area contributed by atoms with Gasteiger partial charge in [-0.3, -0.25) is 0 Å². The highest BCUT2D eigenvalue weighted by Gasteiger charge is 2.04. The Morgan fingerprint density at radius 1 is 1.19 bits per heavy atom. The molecule has 0 aliphatic carbocycles. The molecule has 1 aromatic heterocycles. The minimum Gasteiger partial charge on any atom is -0.388 e. The summed E-state index contributed by atoms with van der Waals surface area (Å²) in [5.74, 6) is 0.457. The average Bonchev–Trinajstić information content (AvgIpc) is 2.32. The third-order valence-corrected chi connectivity index (χ3v) is 2.52. The molecule has 82 valence electrons. The molecule has 16 heavy (non-hydrogen) atoms. The second-order valence-electron chi connectivity index (χ2n) is 3.83. The topological polar surface area (TPSA) is 46.0 Å². The fraction of sp³-hybridized carbons (Fsp3) is 0.231. The van der Waals surface area contributed by atoms with E-state index in [1.54, 1.807) is 6.20 Å². The molecule has 1 N–H and O–H groups in total. The van der Waals surface area contributed by atoms with Gasteiger partial charge in [0.2, 0.25) is 0 Å². The first kappa shape index (κ1) is 10.8.